The summed E-state index contributed by atoms with van der Waals surface area (Å²) in [5.41, 5.74) is -1.55. The highest BCUT2D eigenvalue weighted by molar-refractivity contribution is 5.88. The molecule has 0 spiro atoms. The van der Waals surface area contributed by atoms with Gasteiger partial charge >= 0.3 is 18.1 Å². The third-order valence-corrected chi connectivity index (χ3v) is 28.2. The van der Waals surface area contributed by atoms with Gasteiger partial charge in [0.25, 0.3) is 0 Å². The fraction of sp³-hybridized carbons (Fsp3) is 0.768. The normalized spacial score (nSPS) is 20.1. The van der Waals surface area contributed by atoms with Gasteiger partial charge in [0, 0.05) is 27.1 Å². The van der Waals surface area contributed by atoms with Crippen molar-refractivity contribution in [3.63, 3.8) is 0 Å². The molecule has 0 amide bonds. The summed E-state index contributed by atoms with van der Waals surface area (Å²) in [6.07, 6.45) is 21.2. The average Bonchev–Trinajstić information content (AvgIpc) is 1.75. The summed E-state index contributed by atoms with van der Waals surface area (Å²) < 4.78 is 46.2. The number of rotatable bonds is 28. The highest BCUT2D eigenvalue weighted by Gasteiger charge is 2.54. The van der Waals surface area contributed by atoms with Crippen molar-refractivity contribution in [1.29, 1.82) is 0 Å². The molecule has 0 radical (unpaired) electrons. The van der Waals surface area contributed by atoms with Gasteiger partial charge in [-0.1, -0.05) is 210 Å². The zero-order chi connectivity index (χ0) is 93.6. The molecule has 6 atom stereocenters. The Morgan fingerprint density at radius 2 is 0.739 bits per heavy atom. The second-order valence-corrected chi connectivity index (χ2v) is 36.3. The van der Waals surface area contributed by atoms with Gasteiger partial charge < -0.3 is 25.0 Å². The standard InChI is InChI=1S/C13H18O.C12H16O2.C10H18O.C9H18O2.C9H16O.C9H18O.C8H15NO.2C7H12O2.C7H12O.C6H10F3NO.C2H6/c1-4-13(3,11(2)14)10-12-8-6-5-7-9-12;1-3-12(2,11(13)14)9-10-7-5-4-6-8-10;1-3-10(9(2)11)7-5-4-6-8-10;1-5-9(4,8(10)11)6-7(2)3;1-3-9(8(2)10)6-4-5-7-9;1-6-9(5,7(2)3)8(4)10;1-7(10)8(2)5-4-6-9(8)3;2*1-3-7(6(2)8)4-9-5-7;1-3-7(4-5-7)6(2)8;1-4(11)5(2,10-3)6(7,8)9;1-2/h5-9H,4,10H2,1-3H3;4-8H,3,9H2,1-2H3,(H,13,14);3-8H2,1-2H3;7H,5-6H2,1-4H3,(H,10,11);3-7H2,1-2H3;7H,6H2,1-5H3;4-6H2,1-3H3;2*3-5H2,1-2H3;3-5H2,1-2H3;10H,1-3H3;1-2H3. The van der Waals surface area contributed by atoms with Gasteiger partial charge in [0.2, 0.25) is 0 Å². The maximum Gasteiger partial charge on any atom is 0.413 e. The number of Topliss-reactive ketones (excluding diaryl/α,β-unsaturated/α-hetero) is 9. The molecule has 8 rings (SSSR count). The van der Waals surface area contributed by atoms with E-state index in [-0.39, 0.29) is 60.8 Å². The number of likely N-dealkylation sites (N-methyl/N-ethyl adjacent to an activating group) is 2. The molecule has 0 aromatic heterocycles. The molecule has 6 aliphatic rings. The van der Waals surface area contributed by atoms with Gasteiger partial charge in [0.1, 0.15) is 46.3 Å². The van der Waals surface area contributed by atoms with Crippen LogP contribution < -0.4 is 5.32 Å². The van der Waals surface area contributed by atoms with E-state index in [4.69, 9.17) is 19.7 Å². The van der Waals surface area contributed by atoms with Crippen LogP contribution in [-0.4, -0.2) is 143 Å². The Labute approximate surface area is 721 Å². The van der Waals surface area contributed by atoms with E-state index >= 15 is 0 Å². The monoisotopic (exact) mass is 1690 g/mol. The number of hydrogen-bond donors (Lipinski definition) is 3. The molecule has 3 heterocycles. The maximum absolute atomic E-state index is 12.1. The van der Waals surface area contributed by atoms with Crippen molar-refractivity contribution in [3.8, 4) is 0 Å². The van der Waals surface area contributed by atoms with Gasteiger partial charge in [-0.2, -0.15) is 13.2 Å². The lowest BCUT2D eigenvalue weighted by Crippen LogP contribution is -2.57. The van der Waals surface area contributed by atoms with Gasteiger partial charge in [-0.05, 0) is 262 Å². The topological polar surface area (TPSA) is 262 Å². The first-order chi connectivity index (χ1) is 54.9. The Morgan fingerprint density at radius 1 is 0.429 bits per heavy atom. The molecule has 119 heavy (non-hydrogen) atoms. The highest BCUT2D eigenvalue weighted by atomic mass is 19.4. The first kappa shape index (κ1) is 119. The molecule has 0 bridgehead atoms. The van der Waals surface area contributed by atoms with Crippen LogP contribution in [0.1, 0.15) is 367 Å². The van der Waals surface area contributed by atoms with Crippen molar-refractivity contribution >= 4 is 64.0 Å². The number of carbonyl (C=O) groups excluding carboxylic acids is 9. The summed E-state index contributed by atoms with van der Waals surface area (Å²) in [6.45, 7) is 59.3. The number of hydrogen-bond acceptors (Lipinski definition) is 15. The van der Waals surface area contributed by atoms with Crippen molar-refractivity contribution in [1.82, 2.24) is 10.2 Å². The Morgan fingerprint density at radius 3 is 0.866 bits per heavy atom. The van der Waals surface area contributed by atoms with E-state index in [2.05, 4.69) is 79.3 Å². The number of ketones is 9. The second kappa shape index (κ2) is 56.0. The van der Waals surface area contributed by atoms with Crippen molar-refractivity contribution in [2.45, 2.75) is 385 Å². The molecule has 3 saturated carbocycles. The first-order valence-corrected chi connectivity index (χ1v) is 44.7. The Bertz CT molecular complexity index is 3180. The molecule has 2 aromatic carbocycles. The number of alkyl halides is 3. The van der Waals surface area contributed by atoms with Crippen LogP contribution in [0.5, 0.6) is 0 Å². The molecule has 3 aliphatic heterocycles. The first-order valence-electron chi connectivity index (χ1n) is 44.7. The number of nitrogens with zero attached hydrogens (tertiary/aromatic N) is 1. The van der Waals surface area contributed by atoms with Gasteiger partial charge in [0.15, 0.2) is 11.3 Å². The fourth-order valence-corrected chi connectivity index (χ4v) is 14.7. The summed E-state index contributed by atoms with van der Waals surface area (Å²) >= 11 is 0. The lowest BCUT2D eigenvalue weighted by Gasteiger charge is -2.38. The molecule has 688 valence electrons. The summed E-state index contributed by atoms with van der Waals surface area (Å²) in [7, 11) is 3.13. The largest absolute Gasteiger partial charge is 0.481 e. The van der Waals surface area contributed by atoms with Crippen molar-refractivity contribution in [3.05, 3.63) is 71.8 Å². The van der Waals surface area contributed by atoms with Crippen LogP contribution in [-0.2, 0) is 75.1 Å². The number of carboxylic acid groups (broad SMARTS) is 2. The number of likely N-dealkylation sites (tertiary alicyclic amines) is 1. The van der Waals surface area contributed by atoms with Crippen LogP contribution in [0.25, 0.3) is 0 Å². The Kier molecular flexibility index (Phi) is 56.2. The summed E-state index contributed by atoms with van der Waals surface area (Å²) in [5.74, 6) is 1.23. The fourth-order valence-electron chi connectivity index (χ4n) is 14.7. The van der Waals surface area contributed by atoms with Crippen LogP contribution in [0.4, 0.5) is 13.2 Å². The molecule has 20 heteroatoms. The van der Waals surface area contributed by atoms with Crippen LogP contribution in [0.15, 0.2) is 60.7 Å². The molecule has 2 aromatic rings. The third kappa shape index (κ3) is 38.0. The number of carbonyl (C=O) groups is 11. The average molecular weight is 1690 g/mol. The third-order valence-electron chi connectivity index (χ3n) is 28.2. The number of ether oxygens (including phenoxy) is 2. The predicted octanol–water partition coefficient (Wildman–Crippen LogP) is 23.6. The molecule has 17 nitrogen and oxygen atoms in total. The minimum atomic E-state index is -4.53. The van der Waals surface area contributed by atoms with Gasteiger partial charge in [-0.25, -0.2) is 0 Å². The zero-order valence-electron chi connectivity index (χ0n) is 80.9. The van der Waals surface area contributed by atoms with Crippen LogP contribution >= 0.6 is 0 Å². The van der Waals surface area contributed by atoms with E-state index in [9.17, 15) is 65.9 Å². The lowest BCUT2D eigenvalue weighted by molar-refractivity contribution is -0.192. The Hall–Kier alpha value is -5.96. The van der Waals surface area contributed by atoms with E-state index < -0.39 is 40.3 Å². The van der Waals surface area contributed by atoms with E-state index in [0.29, 0.717) is 86.4 Å². The molecule has 6 unspecified atom stereocenters. The van der Waals surface area contributed by atoms with E-state index in [1.807, 2.05) is 130 Å². The smallest absolute Gasteiger partial charge is 0.413 e. The molecule has 3 N–H and O–H groups in total. The SMILES string of the molecule is CC.CC(=O)C1(C)CCCN1C.CCC(C)(C(C)=O)C(C)C.CCC(C)(CC(C)C)C(=O)O.CCC(C)(Cc1ccccc1)C(=O)O.CCC(C)(Cc1ccccc1)C(C)=O.CCC1(C(C)=O)CC1.CCC1(C(C)=O)CCCC1.CCC1(C(C)=O)CCCCC1.CCC1(C(C)=O)COC1.CCC1(C(C)=O)COC1.CNC(C)(C(C)=O)C(F)(F)F. The minimum Gasteiger partial charge on any atom is -0.481 e. The summed E-state index contributed by atoms with van der Waals surface area (Å²) in [6, 6.07) is 20.0. The minimum absolute atomic E-state index is 0.0816. The van der Waals surface area contributed by atoms with Crippen molar-refractivity contribution in [2.24, 2.45) is 60.6 Å². The predicted molar refractivity (Wildman–Crippen MR) is 481 cm³/mol. The lowest BCUT2D eigenvalue weighted by atomic mass is 9.70. The van der Waals surface area contributed by atoms with E-state index in [1.54, 1.807) is 62.3 Å². The van der Waals surface area contributed by atoms with Gasteiger partial charge in [-0.3, -0.25) is 57.6 Å². The quantitative estimate of drug-likeness (QED) is 0.0715. The number of halogens is 3. The number of aliphatic carboxylic acids is 2. The molecule has 3 saturated heterocycles. The molecular formula is C99H171F3N2O15. The summed E-state index contributed by atoms with van der Waals surface area (Å²) in [5, 5.41) is 19.9. The molecular weight excluding hydrogens is 1510 g/mol. The summed E-state index contributed by atoms with van der Waals surface area (Å²) in [4.78, 5) is 123. The van der Waals surface area contributed by atoms with E-state index in [1.165, 1.54) is 37.7 Å². The van der Waals surface area contributed by atoms with Crippen molar-refractivity contribution in [2.75, 3.05) is 47.1 Å². The number of benzene rings is 2. The van der Waals surface area contributed by atoms with Gasteiger partial charge in [0.05, 0.1) is 53.6 Å². The Balaban J connectivity index is -0.000000612. The van der Waals surface area contributed by atoms with Crippen LogP contribution in [0.3, 0.4) is 0 Å². The number of nitrogens with one attached hydrogen (secondary N) is 1. The highest BCUT2D eigenvalue weighted by Crippen LogP contribution is 2.49. The number of carboxylic acids is 2. The van der Waals surface area contributed by atoms with Gasteiger partial charge in [-0.15, -0.1) is 0 Å². The van der Waals surface area contributed by atoms with Crippen LogP contribution in [0, 0.1) is 60.6 Å². The van der Waals surface area contributed by atoms with Crippen LogP contribution in [0.2, 0.25) is 0 Å². The van der Waals surface area contributed by atoms with E-state index in [0.717, 1.165) is 142 Å². The molecule has 6 fully saturated rings. The second-order valence-electron chi connectivity index (χ2n) is 36.3. The van der Waals surface area contributed by atoms with Crippen molar-refractivity contribution < 1.29 is 85.6 Å². The maximum atomic E-state index is 12.1. The zero-order valence-corrected chi connectivity index (χ0v) is 80.9. The molecule has 3 aliphatic carbocycles.